The van der Waals surface area contributed by atoms with Crippen LogP contribution in [0.2, 0.25) is 0 Å². The Kier molecular flexibility index (Phi) is 4.80. The highest BCUT2D eigenvalue weighted by Gasteiger charge is 2.21. The van der Waals surface area contributed by atoms with Crippen molar-refractivity contribution in [3.05, 3.63) is 46.5 Å². The van der Waals surface area contributed by atoms with E-state index in [1.807, 2.05) is 0 Å². The number of rotatable bonds is 4. The number of halogens is 1. The lowest BCUT2D eigenvalue weighted by molar-refractivity contribution is 0.0554. The maximum Gasteiger partial charge on any atom is 0.404 e. The summed E-state index contributed by atoms with van der Waals surface area (Å²) in [5, 5.41) is 0.450. The predicted octanol–water partition coefficient (Wildman–Crippen LogP) is 1.70. The third-order valence-corrected chi connectivity index (χ3v) is 4.44. The number of pyridine rings is 1. The molecule has 128 valence electrons. The van der Waals surface area contributed by atoms with E-state index < -0.39 is 6.09 Å². The summed E-state index contributed by atoms with van der Waals surface area (Å²) in [6, 6.07) is 7.68. The van der Waals surface area contributed by atoms with Gasteiger partial charge in [-0.2, -0.15) is 0 Å². The molecule has 3 rings (SSSR count). The zero-order chi connectivity index (χ0) is 17.1. The maximum atomic E-state index is 13.9. The van der Waals surface area contributed by atoms with Crippen molar-refractivity contribution in [2.45, 2.75) is 25.5 Å². The van der Waals surface area contributed by atoms with Crippen LogP contribution in [-0.2, 0) is 11.3 Å². The number of aromatic nitrogens is 1. The first kappa shape index (κ1) is 16.4. The summed E-state index contributed by atoms with van der Waals surface area (Å²) in [7, 11) is 0. The van der Waals surface area contributed by atoms with Gasteiger partial charge in [-0.15, -0.1) is 0 Å². The van der Waals surface area contributed by atoms with E-state index >= 15 is 0 Å². The maximum absolute atomic E-state index is 13.9. The number of carbonyl (C=O) groups is 1. The second-order valence-corrected chi connectivity index (χ2v) is 5.97. The van der Waals surface area contributed by atoms with E-state index in [1.165, 1.54) is 18.2 Å². The minimum absolute atomic E-state index is 0.131. The summed E-state index contributed by atoms with van der Waals surface area (Å²) >= 11 is 0. The highest BCUT2D eigenvalue weighted by Crippen LogP contribution is 2.17. The molecule has 2 N–H and O–H groups in total. The van der Waals surface area contributed by atoms with Gasteiger partial charge >= 0.3 is 6.09 Å². The average molecular weight is 333 g/mol. The van der Waals surface area contributed by atoms with E-state index in [-0.39, 0.29) is 17.5 Å². The fraction of sp³-hybridized carbons (Fsp3) is 0.412. The lowest BCUT2D eigenvalue weighted by Gasteiger charge is -2.31. The van der Waals surface area contributed by atoms with Gasteiger partial charge in [0, 0.05) is 37.6 Å². The summed E-state index contributed by atoms with van der Waals surface area (Å²) in [5.41, 5.74) is 5.50. The highest BCUT2D eigenvalue weighted by molar-refractivity contribution is 5.79. The molecular formula is C17H20FN3O3. The number of nitrogens with zero attached hydrogens (tertiary/aromatic N) is 2. The summed E-state index contributed by atoms with van der Waals surface area (Å²) in [4.78, 5) is 25.1. The van der Waals surface area contributed by atoms with Crippen molar-refractivity contribution in [3.8, 4) is 0 Å². The third kappa shape index (κ3) is 3.56. The second-order valence-electron chi connectivity index (χ2n) is 5.97. The topological polar surface area (TPSA) is 77.6 Å². The Morgan fingerprint density at radius 2 is 1.96 bits per heavy atom. The number of primary amides is 1. The number of ether oxygens (including phenoxy) is 1. The predicted molar refractivity (Wildman–Crippen MR) is 88.3 cm³/mol. The molecule has 0 atom stereocenters. The molecule has 1 amide bonds. The zero-order valence-electron chi connectivity index (χ0n) is 13.3. The Bertz CT molecular complexity index is 797. The van der Waals surface area contributed by atoms with Gasteiger partial charge in [0.1, 0.15) is 11.9 Å². The van der Waals surface area contributed by atoms with Gasteiger partial charge in [-0.1, -0.05) is 6.07 Å². The van der Waals surface area contributed by atoms with Gasteiger partial charge in [0.25, 0.3) is 5.56 Å². The minimum atomic E-state index is -0.738. The highest BCUT2D eigenvalue weighted by atomic mass is 19.1. The van der Waals surface area contributed by atoms with Crippen LogP contribution in [0.4, 0.5) is 9.18 Å². The lowest BCUT2D eigenvalue weighted by atomic mass is 10.1. The van der Waals surface area contributed by atoms with Gasteiger partial charge in [0.05, 0.1) is 5.52 Å². The molecule has 0 bridgehead atoms. The molecule has 0 radical (unpaired) electrons. The molecule has 1 aliphatic rings. The van der Waals surface area contributed by atoms with Crippen LogP contribution < -0.4 is 11.3 Å². The number of benzene rings is 1. The van der Waals surface area contributed by atoms with Crippen LogP contribution in [0.1, 0.15) is 12.8 Å². The molecule has 0 spiro atoms. The van der Waals surface area contributed by atoms with Crippen LogP contribution in [-0.4, -0.2) is 41.3 Å². The molecule has 1 aromatic heterocycles. The third-order valence-electron chi connectivity index (χ3n) is 4.44. The molecule has 1 aliphatic heterocycles. The van der Waals surface area contributed by atoms with E-state index in [0.29, 0.717) is 24.0 Å². The molecule has 2 aromatic rings. The first-order valence-corrected chi connectivity index (χ1v) is 8.01. The molecular weight excluding hydrogens is 313 g/mol. The molecule has 1 fully saturated rings. The Labute approximate surface area is 138 Å². The Balaban J connectivity index is 1.67. The first-order valence-electron chi connectivity index (χ1n) is 8.01. The second kappa shape index (κ2) is 7.00. The van der Waals surface area contributed by atoms with E-state index in [2.05, 4.69) is 4.90 Å². The summed E-state index contributed by atoms with van der Waals surface area (Å²) in [6.07, 6.45) is 0.579. The molecule has 0 unspecified atom stereocenters. The Hall–Kier alpha value is -2.41. The van der Waals surface area contributed by atoms with E-state index in [4.69, 9.17) is 10.5 Å². The van der Waals surface area contributed by atoms with E-state index in [9.17, 15) is 14.0 Å². The van der Waals surface area contributed by atoms with Gasteiger partial charge in [-0.3, -0.25) is 4.79 Å². The number of piperidine rings is 1. The van der Waals surface area contributed by atoms with Crippen molar-refractivity contribution in [2.75, 3.05) is 19.6 Å². The van der Waals surface area contributed by atoms with E-state index in [1.54, 1.807) is 16.7 Å². The molecule has 0 aliphatic carbocycles. The van der Waals surface area contributed by atoms with Gasteiger partial charge < -0.3 is 19.9 Å². The van der Waals surface area contributed by atoms with Crippen molar-refractivity contribution >= 4 is 17.0 Å². The Morgan fingerprint density at radius 3 is 2.67 bits per heavy atom. The normalized spacial score (nSPS) is 16.4. The number of likely N-dealkylation sites (tertiary alicyclic amines) is 1. The van der Waals surface area contributed by atoms with Crippen LogP contribution in [0.15, 0.2) is 35.1 Å². The van der Waals surface area contributed by atoms with Crippen molar-refractivity contribution in [1.82, 2.24) is 9.47 Å². The molecule has 6 nitrogen and oxygen atoms in total. The molecule has 2 heterocycles. The van der Waals surface area contributed by atoms with Crippen molar-refractivity contribution in [3.63, 3.8) is 0 Å². The number of amides is 1. The Morgan fingerprint density at radius 1 is 1.21 bits per heavy atom. The van der Waals surface area contributed by atoms with Crippen LogP contribution in [0.3, 0.4) is 0 Å². The fourth-order valence-corrected chi connectivity index (χ4v) is 3.18. The van der Waals surface area contributed by atoms with Crippen LogP contribution in [0.25, 0.3) is 10.9 Å². The summed E-state index contributed by atoms with van der Waals surface area (Å²) in [5.74, 6) is -0.328. The van der Waals surface area contributed by atoms with Crippen LogP contribution >= 0.6 is 0 Å². The van der Waals surface area contributed by atoms with Crippen molar-refractivity contribution < 1.29 is 13.9 Å². The number of hydrogen-bond donors (Lipinski definition) is 1. The summed E-state index contributed by atoms with van der Waals surface area (Å²) in [6.45, 7) is 2.71. The molecule has 24 heavy (non-hydrogen) atoms. The number of fused-ring (bicyclic) bond motifs is 1. The average Bonchev–Trinajstić information content (AvgIpc) is 2.55. The quantitative estimate of drug-likeness (QED) is 0.924. The summed E-state index contributed by atoms with van der Waals surface area (Å²) < 4.78 is 20.5. The largest absolute Gasteiger partial charge is 0.446 e. The fourth-order valence-electron chi connectivity index (χ4n) is 3.18. The van der Waals surface area contributed by atoms with Crippen molar-refractivity contribution in [1.29, 1.82) is 0 Å². The molecule has 7 heteroatoms. The number of carbonyl (C=O) groups excluding carboxylic acids is 1. The van der Waals surface area contributed by atoms with Gasteiger partial charge in [-0.05, 0) is 31.0 Å². The standard InChI is InChI=1S/C17H20FN3O3/c18-14-2-1-3-15-13(14)4-5-16(22)21(15)11-10-20-8-6-12(7-9-20)24-17(19)23/h1-5,12H,6-11H2,(H2,19,23). The molecule has 0 saturated carbocycles. The smallest absolute Gasteiger partial charge is 0.404 e. The van der Waals surface area contributed by atoms with Gasteiger partial charge in [0.15, 0.2) is 0 Å². The molecule has 1 aromatic carbocycles. The first-order chi connectivity index (χ1) is 11.5. The molecule has 1 saturated heterocycles. The SMILES string of the molecule is NC(=O)OC1CCN(CCn2c(=O)ccc3c(F)cccc32)CC1. The van der Waals surface area contributed by atoms with Gasteiger partial charge in [0.2, 0.25) is 0 Å². The number of hydrogen-bond acceptors (Lipinski definition) is 4. The van der Waals surface area contributed by atoms with Crippen molar-refractivity contribution in [2.24, 2.45) is 5.73 Å². The monoisotopic (exact) mass is 333 g/mol. The van der Waals surface area contributed by atoms with E-state index in [0.717, 1.165) is 25.9 Å². The minimum Gasteiger partial charge on any atom is -0.446 e. The van der Waals surface area contributed by atoms with Gasteiger partial charge in [-0.25, -0.2) is 9.18 Å². The van der Waals surface area contributed by atoms with Crippen LogP contribution in [0, 0.1) is 5.82 Å². The lowest BCUT2D eigenvalue weighted by Crippen LogP contribution is -2.40. The van der Waals surface area contributed by atoms with Crippen LogP contribution in [0.5, 0.6) is 0 Å². The number of nitrogens with two attached hydrogens (primary N) is 1. The zero-order valence-corrected chi connectivity index (χ0v) is 13.3.